The van der Waals surface area contributed by atoms with Crippen molar-refractivity contribution in [1.29, 1.82) is 0 Å². The lowest BCUT2D eigenvalue weighted by molar-refractivity contribution is -0.149. The fraction of sp³-hybridized carbons (Fsp3) is 0.810. The molecule has 1 N–H and O–H groups in total. The smallest absolute Gasteiger partial charge is 0.230 e. The quantitative estimate of drug-likeness (QED) is 0.823. The van der Waals surface area contributed by atoms with Crippen molar-refractivity contribution in [2.45, 2.75) is 70.8 Å². The molecular weight excluding hydrogens is 372 g/mol. The fourth-order valence-electron chi connectivity index (χ4n) is 4.38. The predicted octanol–water partition coefficient (Wildman–Crippen LogP) is 1.91. The van der Waals surface area contributed by atoms with Gasteiger partial charge in [-0.2, -0.15) is 4.98 Å². The minimum absolute atomic E-state index is 0.0391. The van der Waals surface area contributed by atoms with Crippen LogP contribution in [0.15, 0.2) is 4.52 Å². The van der Waals surface area contributed by atoms with Crippen molar-refractivity contribution in [1.82, 2.24) is 19.9 Å². The van der Waals surface area contributed by atoms with Gasteiger partial charge in [0.15, 0.2) is 5.82 Å². The van der Waals surface area contributed by atoms with E-state index in [0.29, 0.717) is 38.5 Å². The van der Waals surface area contributed by atoms with E-state index in [9.17, 15) is 14.7 Å². The molecule has 0 aromatic carbocycles. The lowest BCUT2D eigenvalue weighted by Gasteiger charge is -2.40. The Morgan fingerprint density at radius 1 is 1.14 bits per heavy atom. The Morgan fingerprint density at radius 2 is 1.79 bits per heavy atom. The van der Waals surface area contributed by atoms with Gasteiger partial charge in [0.25, 0.3) is 0 Å². The highest BCUT2D eigenvalue weighted by molar-refractivity contribution is 5.86. The summed E-state index contributed by atoms with van der Waals surface area (Å²) < 4.78 is 5.42. The summed E-state index contributed by atoms with van der Waals surface area (Å²) in [5.41, 5.74) is -0.243. The number of carbonyl (C=O) groups excluding carboxylic acids is 2. The third kappa shape index (κ3) is 4.04. The highest BCUT2D eigenvalue weighted by atomic mass is 16.5. The molecular formula is C21H32N4O4. The number of aliphatic hydroxyl groups excluding tert-OH is 1. The first-order valence-corrected chi connectivity index (χ1v) is 10.9. The topological polar surface area (TPSA) is 99.8 Å². The molecule has 3 aliphatic rings. The molecule has 3 fully saturated rings. The van der Waals surface area contributed by atoms with Crippen molar-refractivity contribution >= 4 is 11.8 Å². The van der Waals surface area contributed by atoms with Crippen LogP contribution in [0.3, 0.4) is 0 Å². The van der Waals surface area contributed by atoms with Gasteiger partial charge in [0.2, 0.25) is 17.7 Å². The van der Waals surface area contributed by atoms with Gasteiger partial charge in [-0.1, -0.05) is 25.9 Å². The van der Waals surface area contributed by atoms with Crippen molar-refractivity contribution in [3.05, 3.63) is 11.7 Å². The van der Waals surface area contributed by atoms with Gasteiger partial charge in [-0.25, -0.2) is 0 Å². The number of hydrogen-bond donors (Lipinski definition) is 1. The van der Waals surface area contributed by atoms with Crippen LogP contribution in [0.25, 0.3) is 0 Å². The molecule has 160 valence electrons. The first-order valence-electron chi connectivity index (χ1n) is 10.9. The normalized spacial score (nSPS) is 27.3. The van der Waals surface area contributed by atoms with Crippen molar-refractivity contribution in [3.8, 4) is 0 Å². The zero-order chi connectivity index (χ0) is 20.8. The summed E-state index contributed by atoms with van der Waals surface area (Å²) in [6.07, 6.45) is 3.18. The van der Waals surface area contributed by atoms with Gasteiger partial charge in [0, 0.05) is 43.4 Å². The van der Waals surface area contributed by atoms with E-state index < -0.39 is 12.0 Å². The van der Waals surface area contributed by atoms with Crippen LogP contribution in [-0.2, 0) is 9.59 Å². The fourth-order valence-corrected chi connectivity index (χ4v) is 4.38. The maximum Gasteiger partial charge on any atom is 0.230 e. The van der Waals surface area contributed by atoms with Crippen LogP contribution < -0.4 is 0 Å². The van der Waals surface area contributed by atoms with Crippen molar-refractivity contribution < 1.29 is 19.2 Å². The molecule has 0 radical (unpaired) electrons. The minimum atomic E-state index is -0.680. The van der Waals surface area contributed by atoms with Gasteiger partial charge >= 0.3 is 0 Å². The zero-order valence-corrected chi connectivity index (χ0v) is 17.6. The summed E-state index contributed by atoms with van der Waals surface area (Å²) in [5.74, 6) is 1.35. The number of carbonyl (C=O) groups is 2. The van der Waals surface area contributed by atoms with Crippen LogP contribution >= 0.6 is 0 Å². The summed E-state index contributed by atoms with van der Waals surface area (Å²) in [5, 5.41) is 14.5. The number of nitrogens with zero attached hydrogens (tertiary/aromatic N) is 4. The van der Waals surface area contributed by atoms with Gasteiger partial charge in [0.1, 0.15) is 0 Å². The highest BCUT2D eigenvalue weighted by Gasteiger charge is 2.49. The Hall–Kier alpha value is -1.96. The second-order valence-electron chi connectivity index (χ2n) is 9.52. The molecule has 1 saturated carbocycles. The summed E-state index contributed by atoms with van der Waals surface area (Å²) in [6.45, 7) is 8.14. The van der Waals surface area contributed by atoms with E-state index in [2.05, 4.69) is 10.1 Å². The van der Waals surface area contributed by atoms with Crippen molar-refractivity contribution in [2.75, 3.05) is 26.2 Å². The lowest BCUT2D eigenvalue weighted by atomic mass is 9.90. The minimum Gasteiger partial charge on any atom is -0.392 e. The Bertz CT molecular complexity index is 764. The SMILES string of the molecule is CC(C)c1noc(C2CCN(C(=O)[C@H]3CN(C(=O)C4(C)CC4)CC[C@H]3O)CC2)n1. The van der Waals surface area contributed by atoms with Crippen molar-refractivity contribution in [2.24, 2.45) is 11.3 Å². The average Bonchev–Trinajstić information content (AvgIpc) is 3.27. The van der Waals surface area contributed by atoms with E-state index in [1.54, 1.807) is 4.90 Å². The molecule has 2 amide bonds. The summed E-state index contributed by atoms with van der Waals surface area (Å²) in [7, 11) is 0. The van der Waals surface area contributed by atoms with Gasteiger partial charge in [-0.05, 0) is 32.1 Å². The third-order valence-electron chi connectivity index (χ3n) is 6.83. The molecule has 0 spiro atoms. The molecule has 8 nitrogen and oxygen atoms in total. The molecule has 29 heavy (non-hydrogen) atoms. The molecule has 2 aliphatic heterocycles. The average molecular weight is 405 g/mol. The van der Waals surface area contributed by atoms with E-state index in [0.717, 1.165) is 31.5 Å². The molecule has 2 saturated heterocycles. The Kier molecular flexibility index (Phi) is 5.40. The number of hydrogen-bond acceptors (Lipinski definition) is 6. The number of piperidine rings is 2. The molecule has 1 aromatic heterocycles. The summed E-state index contributed by atoms with van der Waals surface area (Å²) >= 11 is 0. The number of aliphatic hydroxyl groups is 1. The van der Waals surface area contributed by atoms with Crippen LogP contribution in [0.5, 0.6) is 0 Å². The van der Waals surface area contributed by atoms with Crippen LogP contribution in [0.4, 0.5) is 0 Å². The molecule has 8 heteroatoms. The van der Waals surface area contributed by atoms with Crippen LogP contribution in [0.1, 0.15) is 76.4 Å². The Balaban J connectivity index is 1.35. The Labute approximate surface area is 171 Å². The monoisotopic (exact) mass is 404 g/mol. The largest absolute Gasteiger partial charge is 0.392 e. The third-order valence-corrected chi connectivity index (χ3v) is 6.83. The maximum atomic E-state index is 13.1. The zero-order valence-electron chi connectivity index (χ0n) is 17.6. The molecule has 3 heterocycles. The van der Waals surface area contributed by atoms with E-state index in [4.69, 9.17) is 4.52 Å². The number of rotatable bonds is 4. The first kappa shape index (κ1) is 20.3. The van der Waals surface area contributed by atoms with Crippen LogP contribution in [0.2, 0.25) is 0 Å². The maximum absolute atomic E-state index is 13.1. The van der Waals surface area contributed by atoms with E-state index >= 15 is 0 Å². The van der Waals surface area contributed by atoms with Crippen LogP contribution in [-0.4, -0.2) is 69.1 Å². The summed E-state index contributed by atoms with van der Waals surface area (Å²) in [6, 6.07) is 0. The summed E-state index contributed by atoms with van der Waals surface area (Å²) in [4.78, 5) is 33.9. The van der Waals surface area contributed by atoms with E-state index in [-0.39, 0.29) is 29.1 Å². The van der Waals surface area contributed by atoms with E-state index in [1.165, 1.54) is 0 Å². The lowest BCUT2D eigenvalue weighted by Crippen LogP contribution is -2.54. The second kappa shape index (κ2) is 7.70. The van der Waals surface area contributed by atoms with Gasteiger partial charge in [-0.15, -0.1) is 0 Å². The number of likely N-dealkylation sites (tertiary alicyclic amines) is 2. The molecule has 2 atom stereocenters. The number of aromatic nitrogens is 2. The predicted molar refractivity (Wildman–Crippen MR) is 105 cm³/mol. The molecule has 0 unspecified atom stereocenters. The molecule has 0 bridgehead atoms. The first-order chi connectivity index (χ1) is 13.8. The van der Waals surface area contributed by atoms with Gasteiger partial charge < -0.3 is 19.4 Å². The van der Waals surface area contributed by atoms with Gasteiger partial charge in [0.05, 0.1) is 12.0 Å². The second-order valence-corrected chi connectivity index (χ2v) is 9.52. The Morgan fingerprint density at radius 3 is 2.38 bits per heavy atom. The highest BCUT2D eigenvalue weighted by Crippen LogP contribution is 2.47. The van der Waals surface area contributed by atoms with Crippen molar-refractivity contribution in [3.63, 3.8) is 0 Å². The molecule has 1 aromatic rings. The number of amides is 2. The molecule has 1 aliphatic carbocycles. The van der Waals surface area contributed by atoms with Gasteiger partial charge in [-0.3, -0.25) is 9.59 Å². The van der Waals surface area contributed by atoms with E-state index in [1.807, 2.05) is 25.7 Å². The standard InChI is InChI=1S/C21H32N4O4/c1-13(2)17-22-18(29-23-17)14-4-9-24(10-5-14)19(27)15-12-25(11-6-16(15)26)20(28)21(3)7-8-21/h13-16,26H,4-12H2,1-3H3/t15-,16+/m0/s1. The van der Waals surface area contributed by atoms with Crippen LogP contribution in [0, 0.1) is 11.3 Å². The molecule has 4 rings (SSSR count).